The molecule has 2 aliphatic rings. The van der Waals surface area contributed by atoms with Crippen molar-refractivity contribution in [1.29, 1.82) is 0 Å². The Kier molecular flexibility index (Phi) is 3.68. The van der Waals surface area contributed by atoms with Gasteiger partial charge in [0.15, 0.2) is 0 Å². The number of halogens is 1. The lowest BCUT2D eigenvalue weighted by Crippen LogP contribution is -2.53. The smallest absolute Gasteiger partial charge is 0.261 e. The number of hydrogen-bond acceptors (Lipinski definition) is 5. The molecule has 122 valence electrons. The van der Waals surface area contributed by atoms with Gasteiger partial charge in [-0.2, -0.15) is 0 Å². The first-order valence-corrected chi connectivity index (χ1v) is 9.20. The molecule has 1 unspecified atom stereocenters. The van der Waals surface area contributed by atoms with Gasteiger partial charge in [0.05, 0.1) is 4.90 Å². The van der Waals surface area contributed by atoms with Crippen LogP contribution in [0.15, 0.2) is 23.1 Å². The number of rotatable bonds is 2. The first-order chi connectivity index (χ1) is 10.7. The van der Waals surface area contributed by atoms with Crippen LogP contribution in [0.25, 0.3) is 0 Å². The molecule has 0 spiro atoms. The highest BCUT2D eigenvalue weighted by Crippen LogP contribution is 2.30. The third-order valence-corrected chi connectivity index (χ3v) is 5.54. The second-order valence-electron chi connectivity index (χ2n) is 5.54. The molecule has 1 aromatic carbocycles. The standard InChI is InChI=1S/C14H13ClN2O5S/c1-16-12(18)5-4-11(14(16)20)17-7-8-2-3-9(23(15,21)22)6-10(8)13(17)19/h2-3,6,11H,4-5,7H2,1H3. The number of fused-ring (bicyclic) bond motifs is 1. The summed E-state index contributed by atoms with van der Waals surface area (Å²) < 4.78 is 22.8. The lowest BCUT2D eigenvalue weighted by Gasteiger charge is -2.33. The Morgan fingerprint density at radius 2 is 1.91 bits per heavy atom. The largest absolute Gasteiger partial charge is 0.322 e. The number of piperidine rings is 1. The summed E-state index contributed by atoms with van der Waals surface area (Å²) in [5.41, 5.74) is 0.852. The molecular formula is C14H13ClN2O5S. The van der Waals surface area contributed by atoms with E-state index in [1.54, 1.807) is 0 Å². The third-order valence-electron chi connectivity index (χ3n) is 4.19. The van der Waals surface area contributed by atoms with E-state index in [1.165, 1.54) is 30.1 Å². The Morgan fingerprint density at radius 3 is 2.57 bits per heavy atom. The van der Waals surface area contributed by atoms with Crippen molar-refractivity contribution in [1.82, 2.24) is 9.80 Å². The number of likely N-dealkylation sites (tertiary alicyclic amines) is 1. The van der Waals surface area contributed by atoms with Gasteiger partial charge < -0.3 is 4.90 Å². The number of likely N-dealkylation sites (N-methyl/N-ethyl adjacent to an activating group) is 1. The van der Waals surface area contributed by atoms with Crippen LogP contribution in [-0.4, -0.2) is 49.0 Å². The van der Waals surface area contributed by atoms with Gasteiger partial charge in [0.1, 0.15) is 6.04 Å². The predicted molar refractivity (Wildman–Crippen MR) is 80.2 cm³/mol. The number of hydrogen-bond donors (Lipinski definition) is 0. The number of carbonyl (C=O) groups excluding carboxylic acids is 3. The van der Waals surface area contributed by atoms with Gasteiger partial charge in [-0.1, -0.05) is 6.07 Å². The highest BCUT2D eigenvalue weighted by atomic mass is 35.7. The molecule has 1 saturated heterocycles. The summed E-state index contributed by atoms with van der Waals surface area (Å²) >= 11 is 0. The van der Waals surface area contributed by atoms with Gasteiger partial charge in [0, 0.05) is 36.3 Å². The normalized spacial score (nSPS) is 21.8. The van der Waals surface area contributed by atoms with Gasteiger partial charge in [-0.05, 0) is 24.1 Å². The summed E-state index contributed by atoms with van der Waals surface area (Å²) in [5, 5.41) is 0. The number of imide groups is 1. The van der Waals surface area contributed by atoms with Gasteiger partial charge in [-0.3, -0.25) is 19.3 Å². The van der Waals surface area contributed by atoms with Gasteiger partial charge in [-0.15, -0.1) is 0 Å². The van der Waals surface area contributed by atoms with Crippen molar-refractivity contribution in [2.24, 2.45) is 0 Å². The van der Waals surface area contributed by atoms with Crippen LogP contribution in [0.4, 0.5) is 0 Å². The molecule has 7 nitrogen and oxygen atoms in total. The summed E-state index contributed by atoms with van der Waals surface area (Å²) in [6.07, 6.45) is 0.455. The van der Waals surface area contributed by atoms with E-state index in [1.807, 2.05) is 0 Å². The Balaban J connectivity index is 1.92. The molecule has 0 radical (unpaired) electrons. The highest BCUT2D eigenvalue weighted by Gasteiger charge is 2.41. The average molecular weight is 357 g/mol. The molecule has 1 atom stereocenters. The number of benzene rings is 1. The highest BCUT2D eigenvalue weighted by molar-refractivity contribution is 8.13. The van der Waals surface area contributed by atoms with E-state index < -0.39 is 26.9 Å². The van der Waals surface area contributed by atoms with Crippen molar-refractivity contribution in [3.05, 3.63) is 29.3 Å². The maximum atomic E-state index is 12.5. The van der Waals surface area contributed by atoms with Crippen molar-refractivity contribution in [3.8, 4) is 0 Å². The first kappa shape index (κ1) is 15.9. The minimum absolute atomic E-state index is 0.157. The van der Waals surface area contributed by atoms with Crippen molar-refractivity contribution in [2.75, 3.05) is 7.05 Å². The Bertz CT molecular complexity index is 836. The van der Waals surface area contributed by atoms with Crippen LogP contribution in [0.2, 0.25) is 0 Å². The van der Waals surface area contributed by atoms with E-state index >= 15 is 0 Å². The molecular weight excluding hydrogens is 344 g/mol. The maximum Gasteiger partial charge on any atom is 0.261 e. The quantitative estimate of drug-likeness (QED) is 0.575. The zero-order chi connectivity index (χ0) is 16.9. The molecule has 0 aliphatic carbocycles. The predicted octanol–water partition coefficient (Wildman–Crippen LogP) is 0.717. The van der Waals surface area contributed by atoms with Crippen molar-refractivity contribution >= 4 is 37.5 Å². The van der Waals surface area contributed by atoms with E-state index in [0.29, 0.717) is 5.56 Å². The van der Waals surface area contributed by atoms with Gasteiger partial charge in [0.25, 0.3) is 20.9 Å². The van der Waals surface area contributed by atoms with Crippen LogP contribution >= 0.6 is 10.7 Å². The van der Waals surface area contributed by atoms with Crippen molar-refractivity contribution in [2.45, 2.75) is 30.3 Å². The molecule has 2 heterocycles. The van der Waals surface area contributed by atoms with E-state index in [4.69, 9.17) is 10.7 Å². The molecule has 0 saturated carbocycles. The molecule has 3 amide bonds. The van der Waals surface area contributed by atoms with Crippen LogP contribution in [-0.2, 0) is 25.2 Å². The van der Waals surface area contributed by atoms with Crippen molar-refractivity contribution in [3.63, 3.8) is 0 Å². The Morgan fingerprint density at radius 1 is 1.22 bits per heavy atom. The summed E-state index contributed by atoms with van der Waals surface area (Å²) in [4.78, 5) is 38.6. The Hall–Kier alpha value is -1.93. The molecule has 2 aliphatic heterocycles. The fourth-order valence-electron chi connectivity index (χ4n) is 2.89. The molecule has 23 heavy (non-hydrogen) atoms. The molecule has 9 heteroatoms. The van der Waals surface area contributed by atoms with Crippen LogP contribution < -0.4 is 0 Å². The summed E-state index contributed by atoms with van der Waals surface area (Å²) in [5.74, 6) is -1.12. The molecule has 0 N–H and O–H groups in total. The van der Waals surface area contributed by atoms with Gasteiger partial charge in [0.2, 0.25) is 5.91 Å². The third kappa shape index (κ3) is 2.61. The van der Waals surface area contributed by atoms with Gasteiger partial charge >= 0.3 is 0 Å². The monoisotopic (exact) mass is 356 g/mol. The lowest BCUT2D eigenvalue weighted by molar-refractivity contribution is -0.150. The van der Waals surface area contributed by atoms with E-state index in [-0.39, 0.29) is 35.8 Å². The van der Waals surface area contributed by atoms with Crippen LogP contribution in [0.1, 0.15) is 28.8 Å². The minimum Gasteiger partial charge on any atom is -0.322 e. The van der Waals surface area contributed by atoms with E-state index in [0.717, 1.165) is 4.90 Å². The zero-order valence-electron chi connectivity index (χ0n) is 12.2. The average Bonchev–Trinajstić information content (AvgIpc) is 2.81. The van der Waals surface area contributed by atoms with E-state index in [2.05, 4.69) is 0 Å². The second-order valence-corrected chi connectivity index (χ2v) is 8.10. The fourth-order valence-corrected chi connectivity index (χ4v) is 3.67. The topological polar surface area (TPSA) is 91.8 Å². The lowest BCUT2D eigenvalue weighted by atomic mass is 10.0. The maximum absolute atomic E-state index is 12.5. The minimum atomic E-state index is -3.94. The zero-order valence-corrected chi connectivity index (χ0v) is 13.7. The summed E-state index contributed by atoms with van der Waals surface area (Å²) in [7, 11) is 2.76. The molecule has 0 bridgehead atoms. The summed E-state index contributed by atoms with van der Waals surface area (Å²) in [6.45, 7) is 0.204. The molecule has 0 aromatic heterocycles. The van der Waals surface area contributed by atoms with Crippen molar-refractivity contribution < 1.29 is 22.8 Å². The van der Waals surface area contributed by atoms with Crippen LogP contribution in [0, 0.1) is 0 Å². The SMILES string of the molecule is CN1C(=O)CCC(N2Cc3ccc(S(=O)(=O)Cl)cc3C2=O)C1=O. The number of nitrogens with zero attached hydrogens (tertiary/aromatic N) is 2. The second kappa shape index (κ2) is 5.31. The van der Waals surface area contributed by atoms with E-state index in [9.17, 15) is 22.8 Å². The number of carbonyl (C=O) groups is 3. The van der Waals surface area contributed by atoms with Gasteiger partial charge in [-0.25, -0.2) is 8.42 Å². The van der Waals surface area contributed by atoms with Crippen LogP contribution in [0.5, 0.6) is 0 Å². The first-order valence-electron chi connectivity index (χ1n) is 6.89. The fraction of sp³-hybridized carbons (Fsp3) is 0.357. The molecule has 1 aromatic rings. The molecule has 3 rings (SSSR count). The summed E-state index contributed by atoms with van der Waals surface area (Å²) in [6, 6.07) is 3.36. The Labute approximate surface area is 137 Å². The van der Waals surface area contributed by atoms with Crippen LogP contribution in [0.3, 0.4) is 0 Å². The molecule has 1 fully saturated rings. The number of amides is 3.